The maximum absolute atomic E-state index is 12.0. The predicted molar refractivity (Wildman–Crippen MR) is 68.0 cm³/mol. The van der Waals surface area contributed by atoms with Gasteiger partial charge in [-0.05, 0) is 18.1 Å². The lowest BCUT2D eigenvalue weighted by atomic mass is 10.1. The van der Waals surface area contributed by atoms with E-state index in [1.54, 1.807) is 31.1 Å². The lowest BCUT2D eigenvalue weighted by molar-refractivity contribution is 0.0768. The molecule has 0 saturated heterocycles. The smallest absolute Gasteiger partial charge is 0.274 e. The summed E-state index contributed by atoms with van der Waals surface area (Å²) in [5.41, 5.74) is 0.384. The van der Waals surface area contributed by atoms with E-state index in [0.29, 0.717) is 17.4 Å². The fourth-order valence-electron chi connectivity index (χ4n) is 1.45. The largest absolute Gasteiger partial charge is 0.372 e. The van der Waals surface area contributed by atoms with Crippen molar-refractivity contribution < 1.29 is 4.79 Å². The number of nitrogens with zero attached hydrogens (tertiary/aromatic N) is 3. The predicted octanol–water partition coefficient (Wildman–Crippen LogP) is 1.64. The van der Waals surface area contributed by atoms with E-state index < -0.39 is 0 Å². The second-order valence-corrected chi connectivity index (χ2v) is 4.25. The van der Waals surface area contributed by atoms with E-state index in [0.717, 1.165) is 13.0 Å². The van der Waals surface area contributed by atoms with Crippen LogP contribution in [0, 0.1) is 5.92 Å². The molecule has 5 heteroatoms. The van der Waals surface area contributed by atoms with Gasteiger partial charge in [0.05, 0.1) is 0 Å². The van der Waals surface area contributed by atoms with Gasteiger partial charge < -0.3 is 10.2 Å². The molecule has 1 unspecified atom stereocenters. The molecule has 0 aliphatic rings. The Bertz CT molecular complexity index is 363. The molecular weight excluding hydrogens is 216 g/mol. The highest BCUT2D eigenvalue weighted by Gasteiger charge is 2.15. The molecule has 0 aromatic carbocycles. The van der Waals surface area contributed by atoms with Crippen molar-refractivity contribution in [3.8, 4) is 0 Å². The first-order chi connectivity index (χ1) is 8.08. The highest BCUT2D eigenvalue weighted by atomic mass is 16.2. The van der Waals surface area contributed by atoms with Gasteiger partial charge in [0, 0.05) is 20.6 Å². The second kappa shape index (κ2) is 6.18. The molecular formula is C12H20N4O. The molecule has 1 atom stereocenters. The molecule has 0 saturated carbocycles. The van der Waals surface area contributed by atoms with Crippen LogP contribution in [0.2, 0.25) is 0 Å². The molecule has 0 aliphatic carbocycles. The van der Waals surface area contributed by atoms with E-state index in [-0.39, 0.29) is 5.91 Å². The minimum atomic E-state index is -0.0829. The SMILES string of the molecule is CCC(C)CN(C)C(=O)c1ccc(NC)nn1. The Morgan fingerprint density at radius 1 is 1.47 bits per heavy atom. The third-order valence-electron chi connectivity index (χ3n) is 2.77. The molecule has 1 aromatic heterocycles. The Kier molecular flexibility index (Phi) is 4.87. The van der Waals surface area contributed by atoms with Crippen molar-refractivity contribution in [2.24, 2.45) is 5.92 Å². The van der Waals surface area contributed by atoms with Crippen LogP contribution in [0.5, 0.6) is 0 Å². The van der Waals surface area contributed by atoms with Crippen LogP contribution in [-0.4, -0.2) is 41.6 Å². The Labute approximate surface area is 102 Å². The number of carbonyl (C=O) groups is 1. The highest BCUT2D eigenvalue weighted by molar-refractivity contribution is 5.92. The zero-order valence-electron chi connectivity index (χ0n) is 10.9. The summed E-state index contributed by atoms with van der Waals surface area (Å²) in [4.78, 5) is 13.7. The van der Waals surface area contributed by atoms with Gasteiger partial charge in [-0.1, -0.05) is 20.3 Å². The molecule has 0 bridgehead atoms. The topological polar surface area (TPSA) is 58.1 Å². The average molecular weight is 236 g/mol. The van der Waals surface area contributed by atoms with E-state index in [1.807, 2.05) is 0 Å². The van der Waals surface area contributed by atoms with Gasteiger partial charge in [0.25, 0.3) is 5.91 Å². The summed E-state index contributed by atoms with van der Waals surface area (Å²) in [7, 11) is 3.56. The molecule has 94 valence electrons. The lowest BCUT2D eigenvalue weighted by Gasteiger charge is -2.20. The minimum absolute atomic E-state index is 0.0829. The molecule has 1 amide bonds. The summed E-state index contributed by atoms with van der Waals surface area (Å²) in [5.74, 6) is 1.07. The van der Waals surface area contributed by atoms with Gasteiger partial charge in [0.1, 0.15) is 5.82 Å². The third kappa shape index (κ3) is 3.69. The van der Waals surface area contributed by atoms with Crippen molar-refractivity contribution in [3.05, 3.63) is 17.8 Å². The maximum Gasteiger partial charge on any atom is 0.274 e. The fourth-order valence-corrected chi connectivity index (χ4v) is 1.45. The van der Waals surface area contributed by atoms with E-state index in [4.69, 9.17) is 0 Å². The Morgan fingerprint density at radius 3 is 2.65 bits per heavy atom. The number of aromatic nitrogens is 2. The molecule has 1 heterocycles. The van der Waals surface area contributed by atoms with Crippen molar-refractivity contribution in [2.75, 3.05) is 26.0 Å². The van der Waals surface area contributed by atoms with Gasteiger partial charge in [-0.25, -0.2) is 0 Å². The molecule has 0 radical (unpaired) electrons. The molecule has 1 N–H and O–H groups in total. The normalized spacial score (nSPS) is 12.0. The quantitative estimate of drug-likeness (QED) is 0.844. The van der Waals surface area contributed by atoms with Crippen molar-refractivity contribution in [2.45, 2.75) is 20.3 Å². The Hall–Kier alpha value is -1.65. The van der Waals surface area contributed by atoms with Crippen LogP contribution in [0.15, 0.2) is 12.1 Å². The standard InChI is InChI=1S/C12H20N4O/c1-5-9(2)8-16(4)12(17)10-6-7-11(13-3)15-14-10/h6-7,9H,5,8H2,1-4H3,(H,13,15). The van der Waals surface area contributed by atoms with Crippen molar-refractivity contribution >= 4 is 11.7 Å². The molecule has 1 aromatic rings. The summed E-state index contributed by atoms with van der Waals surface area (Å²) in [6, 6.07) is 3.44. The van der Waals surface area contributed by atoms with E-state index >= 15 is 0 Å². The van der Waals surface area contributed by atoms with Crippen LogP contribution < -0.4 is 5.32 Å². The zero-order chi connectivity index (χ0) is 12.8. The van der Waals surface area contributed by atoms with Crippen LogP contribution in [0.3, 0.4) is 0 Å². The first kappa shape index (κ1) is 13.4. The van der Waals surface area contributed by atoms with E-state index in [1.165, 1.54) is 0 Å². The average Bonchev–Trinajstić information content (AvgIpc) is 2.37. The fraction of sp³-hybridized carbons (Fsp3) is 0.583. The van der Waals surface area contributed by atoms with Crippen LogP contribution in [-0.2, 0) is 0 Å². The first-order valence-electron chi connectivity index (χ1n) is 5.85. The van der Waals surface area contributed by atoms with Crippen LogP contribution >= 0.6 is 0 Å². The third-order valence-corrected chi connectivity index (χ3v) is 2.77. The van der Waals surface area contributed by atoms with Crippen LogP contribution in [0.4, 0.5) is 5.82 Å². The second-order valence-electron chi connectivity index (χ2n) is 4.25. The summed E-state index contributed by atoms with van der Waals surface area (Å²) in [6.45, 7) is 4.98. The number of carbonyl (C=O) groups excluding carboxylic acids is 1. The van der Waals surface area contributed by atoms with Crippen LogP contribution in [0.1, 0.15) is 30.8 Å². The zero-order valence-corrected chi connectivity index (χ0v) is 10.9. The van der Waals surface area contributed by atoms with Gasteiger partial charge in [-0.3, -0.25) is 4.79 Å². The number of amides is 1. The number of nitrogens with one attached hydrogen (secondary N) is 1. The van der Waals surface area contributed by atoms with Crippen molar-refractivity contribution in [1.82, 2.24) is 15.1 Å². The molecule has 0 fully saturated rings. The monoisotopic (exact) mass is 236 g/mol. The lowest BCUT2D eigenvalue weighted by Crippen LogP contribution is -2.31. The number of hydrogen-bond donors (Lipinski definition) is 1. The number of anilines is 1. The number of hydrogen-bond acceptors (Lipinski definition) is 4. The molecule has 0 spiro atoms. The summed E-state index contributed by atoms with van der Waals surface area (Å²) in [6.07, 6.45) is 1.06. The van der Waals surface area contributed by atoms with Gasteiger partial charge in [-0.15, -0.1) is 10.2 Å². The van der Waals surface area contributed by atoms with Crippen molar-refractivity contribution in [3.63, 3.8) is 0 Å². The summed E-state index contributed by atoms with van der Waals surface area (Å²) < 4.78 is 0. The molecule has 0 aliphatic heterocycles. The first-order valence-corrected chi connectivity index (χ1v) is 5.85. The van der Waals surface area contributed by atoms with Gasteiger partial charge in [0.2, 0.25) is 0 Å². The van der Waals surface area contributed by atoms with Gasteiger partial charge in [0.15, 0.2) is 5.69 Å². The molecule has 5 nitrogen and oxygen atoms in total. The summed E-state index contributed by atoms with van der Waals surface area (Å²) in [5, 5.41) is 10.7. The number of rotatable bonds is 5. The van der Waals surface area contributed by atoms with E-state index in [9.17, 15) is 4.79 Å². The minimum Gasteiger partial charge on any atom is -0.372 e. The van der Waals surface area contributed by atoms with E-state index in [2.05, 4.69) is 29.4 Å². The van der Waals surface area contributed by atoms with Crippen molar-refractivity contribution in [1.29, 1.82) is 0 Å². The Morgan fingerprint density at radius 2 is 2.18 bits per heavy atom. The van der Waals surface area contributed by atoms with Gasteiger partial charge in [-0.2, -0.15) is 0 Å². The summed E-state index contributed by atoms with van der Waals surface area (Å²) >= 11 is 0. The molecule has 1 rings (SSSR count). The van der Waals surface area contributed by atoms with Gasteiger partial charge >= 0.3 is 0 Å². The molecule has 17 heavy (non-hydrogen) atoms. The Balaban J connectivity index is 2.67. The van der Waals surface area contributed by atoms with Crippen LogP contribution in [0.25, 0.3) is 0 Å². The maximum atomic E-state index is 12.0. The highest BCUT2D eigenvalue weighted by Crippen LogP contribution is 2.07.